The SMILES string of the molecule is CCN(CC)S(=O)(=O)c1ccc(Cl)c(C(=O)Nc2ccc(OC(F)F)c(Cl)c2)c1. The molecule has 0 saturated heterocycles. The molecule has 0 aliphatic rings. The van der Waals surface area contributed by atoms with Crippen molar-refractivity contribution in [3.8, 4) is 5.75 Å². The maximum Gasteiger partial charge on any atom is 0.387 e. The number of carbonyl (C=O) groups excluding carboxylic acids is 1. The Kier molecular flexibility index (Phi) is 7.81. The summed E-state index contributed by atoms with van der Waals surface area (Å²) in [5.41, 5.74) is 0.124. The minimum atomic E-state index is -3.78. The lowest BCUT2D eigenvalue weighted by Crippen LogP contribution is -2.30. The quantitative estimate of drug-likeness (QED) is 0.601. The largest absolute Gasteiger partial charge is 0.433 e. The molecule has 0 saturated carbocycles. The van der Waals surface area contributed by atoms with Gasteiger partial charge in [-0.3, -0.25) is 4.79 Å². The zero-order valence-corrected chi connectivity index (χ0v) is 17.8. The molecular weight excluding hydrogens is 449 g/mol. The molecule has 1 amide bonds. The highest BCUT2D eigenvalue weighted by Crippen LogP contribution is 2.30. The van der Waals surface area contributed by atoms with E-state index in [1.54, 1.807) is 13.8 Å². The monoisotopic (exact) mass is 466 g/mol. The van der Waals surface area contributed by atoms with E-state index in [0.29, 0.717) is 0 Å². The fraction of sp³-hybridized carbons (Fsp3) is 0.278. The van der Waals surface area contributed by atoms with E-state index in [-0.39, 0.29) is 45.0 Å². The molecule has 0 aromatic heterocycles. The van der Waals surface area contributed by atoms with Crippen LogP contribution in [0, 0.1) is 0 Å². The van der Waals surface area contributed by atoms with Crippen LogP contribution in [-0.2, 0) is 10.0 Å². The molecular formula is C18H18Cl2F2N2O4S. The van der Waals surface area contributed by atoms with Crippen molar-refractivity contribution in [2.45, 2.75) is 25.4 Å². The summed E-state index contributed by atoms with van der Waals surface area (Å²) in [7, 11) is -3.78. The number of anilines is 1. The molecule has 0 bridgehead atoms. The van der Waals surface area contributed by atoms with Gasteiger partial charge in [0.2, 0.25) is 10.0 Å². The molecule has 0 aliphatic heterocycles. The summed E-state index contributed by atoms with van der Waals surface area (Å²) in [6.45, 7) is 0.913. The molecule has 2 rings (SSSR count). The van der Waals surface area contributed by atoms with E-state index in [2.05, 4.69) is 10.1 Å². The van der Waals surface area contributed by atoms with Gasteiger partial charge in [0.05, 0.1) is 20.5 Å². The van der Waals surface area contributed by atoms with E-state index in [0.717, 1.165) is 0 Å². The average Bonchev–Trinajstić information content (AvgIpc) is 2.64. The predicted octanol–water partition coefficient (Wildman–Crippen LogP) is 4.88. The van der Waals surface area contributed by atoms with E-state index in [1.165, 1.54) is 40.7 Å². The number of sulfonamides is 1. The summed E-state index contributed by atoms with van der Waals surface area (Å²) >= 11 is 11.9. The van der Waals surface area contributed by atoms with Crippen LogP contribution < -0.4 is 10.1 Å². The first-order chi connectivity index (χ1) is 13.6. The summed E-state index contributed by atoms with van der Waals surface area (Å²) in [5, 5.41) is 2.41. The Morgan fingerprint density at radius 2 is 1.76 bits per heavy atom. The second-order valence-electron chi connectivity index (χ2n) is 5.71. The third-order valence-corrected chi connectivity index (χ3v) is 6.60. The summed E-state index contributed by atoms with van der Waals surface area (Å²) < 4.78 is 55.4. The molecule has 29 heavy (non-hydrogen) atoms. The standard InChI is InChI=1S/C18H18Cl2F2N2O4S/c1-3-24(4-2)29(26,27)12-6-7-14(19)13(10-12)17(25)23-11-5-8-16(15(20)9-11)28-18(21)22/h5-10,18H,3-4H2,1-2H3,(H,23,25). The molecule has 6 nitrogen and oxygen atoms in total. The lowest BCUT2D eigenvalue weighted by atomic mass is 10.2. The highest BCUT2D eigenvalue weighted by atomic mass is 35.5. The third kappa shape index (κ3) is 5.57. The number of hydrogen-bond acceptors (Lipinski definition) is 4. The lowest BCUT2D eigenvalue weighted by molar-refractivity contribution is -0.0497. The number of carbonyl (C=O) groups is 1. The fourth-order valence-corrected chi connectivity index (χ4v) is 4.43. The van der Waals surface area contributed by atoms with E-state index in [1.807, 2.05) is 0 Å². The second-order valence-corrected chi connectivity index (χ2v) is 8.46. The van der Waals surface area contributed by atoms with Crippen LogP contribution in [0.3, 0.4) is 0 Å². The van der Waals surface area contributed by atoms with Crippen LogP contribution in [-0.4, -0.2) is 38.3 Å². The molecule has 0 spiro atoms. The topological polar surface area (TPSA) is 75.7 Å². The van der Waals surface area contributed by atoms with Crippen LogP contribution in [0.2, 0.25) is 10.0 Å². The molecule has 0 radical (unpaired) electrons. The highest BCUT2D eigenvalue weighted by Gasteiger charge is 2.24. The van der Waals surface area contributed by atoms with E-state index < -0.39 is 22.5 Å². The first kappa shape index (κ1) is 23.3. The number of alkyl halides is 2. The molecule has 0 fully saturated rings. The number of ether oxygens (including phenoxy) is 1. The Balaban J connectivity index is 2.31. The van der Waals surface area contributed by atoms with Crippen molar-refractivity contribution in [2.24, 2.45) is 0 Å². The zero-order chi connectivity index (χ0) is 21.8. The van der Waals surface area contributed by atoms with E-state index >= 15 is 0 Å². The summed E-state index contributed by atoms with van der Waals surface area (Å²) in [6.07, 6.45) is 0. The Bertz CT molecular complexity index is 999. The molecule has 158 valence electrons. The van der Waals surface area contributed by atoms with Gasteiger partial charge in [-0.2, -0.15) is 13.1 Å². The molecule has 0 heterocycles. The van der Waals surface area contributed by atoms with Crippen LogP contribution >= 0.6 is 23.2 Å². The number of rotatable bonds is 8. The van der Waals surface area contributed by atoms with Crippen molar-refractivity contribution in [2.75, 3.05) is 18.4 Å². The Morgan fingerprint density at radius 3 is 2.31 bits per heavy atom. The Morgan fingerprint density at radius 1 is 1.10 bits per heavy atom. The molecule has 0 atom stereocenters. The zero-order valence-electron chi connectivity index (χ0n) is 15.5. The minimum Gasteiger partial charge on any atom is -0.433 e. The van der Waals surface area contributed by atoms with Crippen LogP contribution in [0.15, 0.2) is 41.3 Å². The van der Waals surface area contributed by atoms with Gasteiger partial charge < -0.3 is 10.1 Å². The minimum absolute atomic E-state index is 0.0461. The Hall–Kier alpha value is -1.94. The lowest BCUT2D eigenvalue weighted by Gasteiger charge is -2.19. The van der Waals surface area contributed by atoms with Crippen molar-refractivity contribution in [3.63, 3.8) is 0 Å². The van der Waals surface area contributed by atoms with Crippen molar-refractivity contribution < 1.29 is 26.7 Å². The van der Waals surface area contributed by atoms with Crippen molar-refractivity contribution >= 4 is 44.8 Å². The second kappa shape index (κ2) is 9.71. The van der Waals surface area contributed by atoms with Gasteiger partial charge in [0.1, 0.15) is 5.75 Å². The number of nitrogens with zero attached hydrogens (tertiary/aromatic N) is 1. The first-order valence-corrected chi connectivity index (χ1v) is 10.6. The Labute approximate surface area is 177 Å². The molecule has 2 aromatic rings. The third-order valence-electron chi connectivity index (χ3n) is 3.93. The normalized spacial score (nSPS) is 11.7. The van der Waals surface area contributed by atoms with Gasteiger partial charge in [-0.25, -0.2) is 8.42 Å². The van der Waals surface area contributed by atoms with Gasteiger partial charge in [-0.15, -0.1) is 0 Å². The average molecular weight is 467 g/mol. The van der Waals surface area contributed by atoms with Crippen LogP contribution in [0.25, 0.3) is 0 Å². The summed E-state index contributed by atoms with van der Waals surface area (Å²) in [4.78, 5) is 12.5. The maximum absolute atomic E-state index is 12.7. The molecule has 0 aliphatic carbocycles. The van der Waals surface area contributed by atoms with Crippen LogP contribution in [0.5, 0.6) is 5.75 Å². The van der Waals surface area contributed by atoms with Gasteiger partial charge in [-0.1, -0.05) is 37.0 Å². The number of nitrogens with one attached hydrogen (secondary N) is 1. The predicted molar refractivity (Wildman–Crippen MR) is 108 cm³/mol. The van der Waals surface area contributed by atoms with Crippen LogP contribution in [0.4, 0.5) is 14.5 Å². The number of benzene rings is 2. The molecule has 1 N–H and O–H groups in total. The van der Waals surface area contributed by atoms with Gasteiger partial charge in [-0.05, 0) is 36.4 Å². The van der Waals surface area contributed by atoms with Crippen molar-refractivity contribution in [1.29, 1.82) is 0 Å². The van der Waals surface area contributed by atoms with Gasteiger partial charge in [0.15, 0.2) is 0 Å². The number of hydrogen-bond donors (Lipinski definition) is 1. The molecule has 2 aromatic carbocycles. The number of halogens is 4. The van der Waals surface area contributed by atoms with E-state index in [4.69, 9.17) is 23.2 Å². The fourth-order valence-electron chi connectivity index (χ4n) is 2.52. The molecule has 0 unspecified atom stereocenters. The highest BCUT2D eigenvalue weighted by molar-refractivity contribution is 7.89. The molecule has 11 heteroatoms. The van der Waals surface area contributed by atoms with Crippen LogP contribution in [0.1, 0.15) is 24.2 Å². The smallest absolute Gasteiger partial charge is 0.387 e. The first-order valence-electron chi connectivity index (χ1n) is 8.45. The van der Waals surface area contributed by atoms with Gasteiger partial charge >= 0.3 is 6.61 Å². The van der Waals surface area contributed by atoms with E-state index in [9.17, 15) is 22.0 Å². The van der Waals surface area contributed by atoms with Crippen molar-refractivity contribution in [3.05, 3.63) is 52.0 Å². The maximum atomic E-state index is 12.7. The van der Waals surface area contributed by atoms with Crippen molar-refractivity contribution in [1.82, 2.24) is 4.31 Å². The summed E-state index contributed by atoms with van der Waals surface area (Å²) in [6, 6.07) is 7.53. The summed E-state index contributed by atoms with van der Waals surface area (Å²) in [5.74, 6) is -0.935. The number of amides is 1. The van der Waals surface area contributed by atoms with Gasteiger partial charge in [0, 0.05) is 18.8 Å². The van der Waals surface area contributed by atoms with Gasteiger partial charge in [0.25, 0.3) is 5.91 Å².